The van der Waals surface area contributed by atoms with E-state index in [2.05, 4.69) is 9.97 Å². The van der Waals surface area contributed by atoms with Crippen LogP contribution in [-0.4, -0.2) is 33.0 Å². The molecule has 0 aromatic carbocycles. The van der Waals surface area contributed by atoms with Crippen molar-refractivity contribution in [3.8, 4) is 0 Å². The van der Waals surface area contributed by atoms with Gasteiger partial charge in [-0.2, -0.15) is 0 Å². The van der Waals surface area contributed by atoms with E-state index in [9.17, 15) is 9.59 Å². The van der Waals surface area contributed by atoms with Crippen LogP contribution >= 0.6 is 0 Å². The molecule has 0 spiro atoms. The molecule has 0 bridgehead atoms. The number of pyridine rings is 1. The third kappa shape index (κ3) is 3.88. The molecule has 0 saturated carbocycles. The van der Waals surface area contributed by atoms with Crippen molar-refractivity contribution in [3.63, 3.8) is 0 Å². The van der Waals surface area contributed by atoms with Crippen molar-refractivity contribution in [2.24, 2.45) is 0 Å². The highest BCUT2D eigenvalue weighted by Gasteiger charge is 2.07. The molecule has 0 saturated heterocycles. The smallest absolute Gasteiger partial charge is 0.311 e. The Kier molecular flexibility index (Phi) is 4.70. The first-order valence-corrected chi connectivity index (χ1v) is 6.87. The maximum absolute atomic E-state index is 11.8. The fourth-order valence-electron chi connectivity index (χ4n) is 2.14. The molecule has 0 amide bonds. The van der Waals surface area contributed by atoms with Gasteiger partial charge in [0.25, 0.3) is 5.56 Å². The van der Waals surface area contributed by atoms with Gasteiger partial charge in [-0.3, -0.25) is 19.2 Å². The van der Waals surface area contributed by atoms with Crippen LogP contribution in [0.4, 0.5) is 0 Å². The van der Waals surface area contributed by atoms with Crippen molar-refractivity contribution in [3.05, 3.63) is 62.2 Å². The van der Waals surface area contributed by atoms with Gasteiger partial charge in [-0.25, -0.2) is 4.79 Å². The first-order chi connectivity index (χ1) is 9.97. The van der Waals surface area contributed by atoms with Crippen LogP contribution in [0.5, 0.6) is 0 Å². The molecule has 6 heteroatoms. The largest absolute Gasteiger partial charge is 0.328 e. The predicted octanol–water partition coefficient (Wildman–Crippen LogP) is 0.680. The second kappa shape index (κ2) is 6.49. The number of nitrogens with one attached hydrogen (secondary N) is 1. The number of aromatic nitrogens is 3. The van der Waals surface area contributed by atoms with E-state index < -0.39 is 0 Å². The van der Waals surface area contributed by atoms with E-state index in [0.29, 0.717) is 25.3 Å². The van der Waals surface area contributed by atoms with Crippen molar-refractivity contribution in [1.29, 1.82) is 0 Å². The number of aromatic amines is 1. The average molecular weight is 288 g/mol. The van der Waals surface area contributed by atoms with E-state index in [1.807, 2.05) is 31.0 Å². The molecule has 2 rings (SSSR count). The Labute approximate surface area is 123 Å². The van der Waals surface area contributed by atoms with E-state index in [4.69, 9.17) is 0 Å². The van der Waals surface area contributed by atoms with Crippen molar-refractivity contribution >= 4 is 0 Å². The number of rotatable bonds is 5. The zero-order valence-corrected chi connectivity index (χ0v) is 12.6. The lowest BCUT2D eigenvalue weighted by molar-refractivity contribution is 0.303. The SMILES string of the molecule is Cc1cc(=O)n(CCN(C)Cc2ncccc2C)c(=O)[nH]1. The number of aryl methyl sites for hydroxylation is 2. The molecule has 112 valence electrons. The summed E-state index contributed by atoms with van der Waals surface area (Å²) in [6, 6.07) is 5.36. The molecule has 2 heterocycles. The topological polar surface area (TPSA) is 71.0 Å². The lowest BCUT2D eigenvalue weighted by atomic mass is 10.2. The van der Waals surface area contributed by atoms with Gasteiger partial charge in [0.1, 0.15) is 0 Å². The average Bonchev–Trinajstić information content (AvgIpc) is 2.40. The van der Waals surface area contributed by atoms with E-state index in [1.165, 1.54) is 10.6 Å². The van der Waals surface area contributed by atoms with Crippen LogP contribution in [0.25, 0.3) is 0 Å². The van der Waals surface area contributed by atoms with Gasteiger partial charge in [-0.1, -0.05) is 6.07 Å². The molecule has 2 aromatic rings. The Morgan fingerprint density at radius 3 is 2.76 bits per heavy atom. The summed E-state index contributed by atoms with van der Waals surface area (Å²) in [5.74, 6) is 0. The number of hydrogen-bond donors (Lipinski definition) is 1. The highest BCUT2D eigenvalue weighted by Crippen LogP contribution is 2.05. The first kappa shape index (κ1) is 15.2. The van der Waals surface area contributed by atoms with Crippen LogP contribution in [0.2, 0.25) is 0 Å². The van der Waals surface area contributed by atoms with Gasteiger partial charge in [0, 0.05) is 37.6 Å². The fraction of sp³-hybridized carbons (Fsp3) is 0.400. The van der Waals surface area contributed by atoms with Crippen molar-refractivity contribution in [2.75, 3.05) is 13.6 Å². The second-order valence-corrected chi connectivity index (χ2v) is 5.25. The third-order valence-electron chi connectivity index (χ3n) is 3.40. The van der Waals surface area contributed by atoms with Crippen molar-refractivity contribution < 1.29 is 0 Å². The Morgan fingerprint density at radius 1 is 1.33 bits per heavy atom. The van der Waals surface area contributed by atoms with Crippen LogP contribution in [0.15, 0.2) is 34.0 Å². The summed E-state index contributed by atoms with van der Waals surface area (Å²) >= 11 is 0. The number of hydrogen-bond acceptors (Lipinski definition) is 4. The molecule has 0 aliphatic carbocycles. The van der Waals surface area contributed by atoms with Crippen LogP contribution in [0.3, 0.4) is 0 Å². The number of nitrogens with zero attached hydrogens (tertiary/aromatic N) is 3. The maximum Gasteiger partial charge on any atom is 0.328 e. The predicted molar refractivity (Wildman–Crippen MR) is 81.4 cm³/mol. The van der Waals surface area contributed by atoms with Gasteiger partial charge >= 0.3 is 5.69 Å². The monoisotopic (exact) mass is 288 g/mol. The minimum absolute atomic E-state index is 0.265. The summed E-state index contributed by atoms with van der Waals surface area (Å²) in [4.78, 5) is 32.6. The number of likely N-dealkylation sites (N-methyl/N-ethyl adjacent to an activating group) is 1. The van der Waals surface area contributed by atoms with Crippen LogP contribution in [0.1, 0.15) is 17.0 Å². The lowest BCUT2D eigenvalue weighted by Crippen LogP contribution is -2.38. The summed E-state index contributed by atoms with van der Waals surface area (Å²) in [5, 5.41) is 0. The molecule has 6 nitrogen and oxygen atoms in total. The Bertz CT molecular complexity index is 702. The molecule has 0 radical (unpaired) electrons. The third-order valence-corrected chi connectivity index (χ3v) is 3.40. The zero-order valence-electron chi connectivity index (χ0n) is 12.6. The van der Waals surface area contributed by atoms with Gasteiger partial charge in [0.15, 0.2) is 0 Å². The normalized spacial score (nSPS) is 11.0. The molecular weight excluding hydrogens is 268 g/mol. The Balaban J connectivity index is 2.02. The highest BCUT2D eigenvalue weighted by atomic mass is 16.2. The molecule has 0 aliphatic heterocycles. The minimum Gasteiger partial charge on any atom is -0.311 e. The van der Waals surface area contributed by atoms with Gasteiger partial charge < -0.3 is 4.98 Å². The maximum atomic E-state index is 11.8. The quantitative estimate of drug-likeness (QED) is 0.878. The van der Waals surface area contributed by atoms with Crippen LogP contribution in [0, 0.1) is 13.8 Å². The summed E-state index contributed by atoms with van der Waals surface area (Å²) in [7, 11) is 1.95. The van der Waals surface area contributed by atoms with Gasteiger partial charge in [-0.15, -0.1) is 0 Å². The molecule has 2 aromatic heterocycles. The van der Waals surface area contributed by atoms with Gasteiger partial charge in [0.2, 0.25) is 0 Å². The number of H-pyrrole nitrogens is 1. The van der Waals surface area contributed by atoms with E-state index in [1.54, 1.807) is 13.1 Å². The molecule has 0 aliphatic rings. The standard InChI is InChI=1S/C15H20N4O2/c1-11-5-4-6-16-13(11)10-18(3)7-8-19-14(20)9-12(2)17-15(19)21/h4-6,9H,7-8,10H2,1-3H3,(H,17,21). The summed E-state index contributed by atoms with van der Waals surface area (Å²) < 4.78 is 1.22. The van der Waals surface area contributed by atoms with E-state index in [0.717, 1.165) is 11.3 Å². The molecule has 21 heavy (non-hydrogen) atoms. The Morgan fingerprint density at radius 2 is 2.10 bits per heavy atom. The van der Waals surface area contributed by atoms with Gasteiger partial charge in [-0.05, 0) is 32.5 Å². The van der Waals surface area contributed by atoms with Crippen LogP contribution < -0.4 is 11.2 Å². The second-order valence-electron chi connectivity index (χ2n) is 5.25. The molecule has 0 fully saturated rings. The molecular formula is C15H20N4O2. The van der Waals surface area contributed by atoms with E-state index in [-0.39, 0.29) is 11.2 Å². The van der Waals surface area contributed by atoms with E-state index >= 15 is 0 Å². The fourth-order valence-corrected chi connectivity index (χ4v) is 2.14. The molecule has 1 N–H and O–H groups in total. The minimum atomic E-state index is -0.359. The van der Waals surface area contributed by atoms with Gasteiger partial charge in [0.05, 0.1) is 5.69 Å². The summed E-state index contributed by atoms with van der Waals surface area (Å²) in [6.45, 7) is 5.36. The first-order valence-electron chi connectivity index (χ1n) is 6.87. The summed E-state index contributed by atoms with van der Waals surface area (Å²) in [5.41, 5.74) is 2.10. The zero-order chi connectivity index (χ0) is 15.4. The summed E-state index contributed by atoms with van der Waals surface area (Å²) in [6.07, 6.45) is 1.77. The van der Waals surface area contributed by atoms with Crippen molar-refractivity contribution in [1.82, 2.24) is 19.4 Å². The Hall–Kier alpha value is -2.21. The lowest BCUT2D eigenvalue weighted by Gasteiger charge is -2.17. The van der Waals surface area contributed by atoms with Crippen LogP contribution in [-0.2, 0) is 13.1 Å². The van der Waals surface area contributed by atoms with Crippen molar-refractivity contribution in [2.45, 2.75) is 26.9 Å². The highest BCUT2D eigenvalue weighted by molar-refractivity contribution is 5.17. The molecule has 0 atom stereocenters. The molecule has 0 unspecified atom stereocenters.